The lowest BCUT2D eigenvalue weighted by Gasteiger charge is -2.06. The van der Waals surface area contributed by atoms with Gasteiger partial charge < -0.3 is 8.83 Å². The van der Waals surface area contributed by atoms with Gasteiger partial charge in [0.1, 0.15) is 11.5 Å². The number of nitrogens with one attached hydrogen (secondary N) is 1. The van der Waals surface area contributed by atoms with Gasteiger partial charge in [0.15, 0.2) is 12.0 Å². The Morgan fingerprint density at radius 1 is 1.04 bits per heavy atom. The summed E-state index contributed by atoms with van der Waals surface area (Å²) in [5.41, 5.74) is 0.683. The number of hydrogen-bond acceptors (Lipinski definition) is 5. The molecule has 0 bridgehead atoms. The van der Waals surface area contributed by atoms with E-state index in [1.165, 1.54) is 18.4 Å². The second-order valence-corrected chi connectivity index (χ2v) is 6.52. The molecule has 0 saturated heterocycles. The van der Waals surface area contributed by atoms with Crippen molar-refractivity contribution in [2.75, 3.05) is 0 Å². The van der Waals surface area contributed by atoms with Crippen molar-refractivity contribution in [3.8, 4) is 11.3 Å². The van der Waals surface area contributed by atoms with E-state index in [4.69, 9.17) is 8.83 Å². The fraction of sp³-hybridized carbons (Fsp3) is 0.0625. The number of furan rings is 2. The van der Waals surface area contributed by atoms with Gasteiger partial charge in [-0.3, -0.25) is 4.79 Å². The molecule has 0 radical (unpaired) electrons. The van der Waals surface area contributed by atoms with Crippen molar-refractivity contribution in [1.82, 2.24) is 4.72 Å². The molecule has 0 amide bonds. The highest BCUT2D eigenvalue weighted by molar-refractivity contribution is 7.89. The lowest BCUT2D eigenvalue weighted by atomic mass is 10.2. The molecular formula is C16H13NO5S. The van der Waals surface area contributed by atoms with Crippen LogP contribution in [0.3, 0.4) is 0 Å². The zero-order valence-electron chi connectivity index (χ0n) is 11.9. The first-order valence-electron chi connectivity index (χ1n) is 6.76. The molecule has 0 fully saturated rings. The average molecular weight is 331 g/mol. The SMILES string of the molecule is O=Cc1ccc(-c2ccc(S(=O)(=O)NCc3ccco3)cc2)o1. The molecule has 1 N–H and O–H groups in total. The molecule has 7 heteroatoms. The maximum atomic E-state index is 12.2. The summed E-state index contributed by atoms with van der Waals surface area (Å²) in [6.07, 6.45) is 2.09. The molecule has 0 aliphatic heterocycles. The van der Waals surface area contributed by atoms with Crippen LogP contribution in [-0.4, -0.2) is 14.7 Å². The lowest BCUT2D eigenvalue weighted by molar-refractivity contribution is 0.110. The van der Waals surface area contributed by atoms with Gasteiger partial charge >= 0.3 is 0 Å². The monoisotopic (exact) mass is 331 g/mol. The van der Waals surface area contributed by atoms with Gasteiger partial charge in [0.05, 0.1) is 17.7 Å². The Kier molecular flexibility index (Phi) is 4.14. The van der Waals surface area contributed by atoms with Crippen molar-refractivity contribution < 1.29 is 22.0 Å². The van der Waals surface area contributed by atoms with Crippen molar-refractivity contribution in [2.24, 2.45) is 0 Å². The Hall–Kier alpha value is -2.64. The van der Waals surface area contributed by atoms with Crippen molar-refractivity contribution in [3.63, 3.8) is 0 Å². The second kappa shape index (κ2) is 6.23. The number of carbonyl (C=O) groups excluding carboxylic acids is 1. The Morgan fingerprint density at radius 2 is 1.83 bits per heavy atom. The van der Waals surface area contributed by atoms with Crippen LogP contribution in [0.15, 0.2) is 68.5 Å². The molecule has 23 heavy (non-hydrogen) atoms. The third-order valence-electron chi connectivity index (χ3n) is 3.21. The zero-order chi connectivity index (χ0) is 16.3. The van der Waals surface area contributed by atoms with E-state index in [0.717, 1.165) is 0 Å². The summed E-state index contributed by atoms with van der Waals surface area (Å²) < 4.78 is 37.2. The number of hydrogen-bond donors (Lipinski definition) is 1. The Balaban J connectivity index is 1.76. The van der Waals surface area contributed by atoms with E-state index in [-0.39, 0.29) is 17.2 Å². The molecule has 118 valence electrons. The molecule has 2 heterocycles. The largest absolute Gasteiger partial charge is 0.468 e. The van der Waals surface area contributed by atoms with E-state index in [1.54, 1.807) is 36.4 Å². The summed E-state index contributed by atoms with van der Waals surface area (Å²) in [5, 5.41) is 0. The van der Waals surface area contributed by atoms with E-state index < -0.39 is 10.0 Å². The molecule has 3 rings (SSSR count). The van der Waals surface area contributed by atoms with E-state index in [9.17, 15) is 13.2 Å². The number of benzene rings is 1. The lowest BCUT2D eigenvalue weighted by Crippen LogP contribution is -2.22. The number of sulfonamides is 1. The average Bonchev–Trinajstić information content (AvgIpc) is 3.24. The van der Waals surface area contributed by atoms with Gasteiger partial charge in [-0.05, 0) is 48.5 Å². The normalized spacial score (nSPS) is 11.5. The third kappa shape index (κ3) is 3.41. The Morgan fingerprint density at radius 3 is 2.43 bits per heavy atom. The quantitative estimate of drug-likeness (QED) is 0.702. The zero-order valence-corrected chi connectivity index (χ0v) is 12.7. The summed E-state index contributed by atoms with van der Waals surface area (Å²) in [6.45, 7) is 0.0813. The Bertz CT molecular complexity index is 892. The fourth-order valence-corrected chi connectivity index (χ4v) is 3.03. The van der Waals surface area contributed by atoms with Crippen LogP contribution in [0, 0.1) is 0 Å². The third-order valence-corrected chi connectivity index (χ3v) is 4.63. The second-order valence-electron chi connectivity index (χ2n) is 4.75. The number of rotatable bonds is 6. The molecule has 2 aromatic heterocycles. The minimum atomic E-state index is -3.63. The van der Waals surface area contributed by atoms with Crippen LogP contribution in [-0.2, 0) is 16.6 Å². The first-order valence-corrected chi connectivity index (χ1v) is 8.24. The van der Waals surface area contributed by atoms with Gasteiger partial charge in [-0.25, -0.2) is 13.1 Å². The summed E-state index contributed by atoms with van der Waals surface area (Å²) in [7, 11) is -3.63. The summed E-state index contributed by atoms with van der Waals surface area (Å²) >= 11 is 0. The van der Waals surface area contributed by atoms with Crippen LogP contribution in [0.25, 0.3) is 11.3 Å². The van der Waals surface area contributed by atoms with Gasteiger partial charge in [-0.15, -0.1) is 0 Å². The summed E-state index contributed by atoms with van der Waals surface area (Å²) in [5.74, 6) is 1.25. The predicted molar refractivity (Wildman–Crippen MR) is 82.3 cm³/mol. The van der Waals surface area contributed by atoms with Gasteiger partial charge in [0.25, 0.3) is 0 Å². The summed E-state index contributed by atoms with van der Waals surface area (Å²) in [6, 6.07) is 12.8. The molecule has 1 aromatic carbocycles. The fourth-order valence-electron chi connectivity index (χ4n) is 2.03. The molecule has 6 nitrogen and oxygen atoms in total. The van der Waals surface area contributed by atoms with Crippen molar-refractivity contribution >= 4 is 16.3 Å². The van der Waals surface area contributed by atoms with Gasteiger partial charge in [-0.2, -0.15) is 0 Å². The minimum absolute atomic E-state index is 0.0813. The summed E-state index contributed by atoms with van der Waals surface area (Å²) in [4.78, 5) is 10.8. The maximum absolute atomic E-state index is 12.2. The first-order chi connectivity index (χ1) is 11.1. The minimum Gasteiger partial charge on any atom is -0.468 e. The topological polar surface area (TPSA) is 89.5 Å². The number of carbonyl (C=O) groups is 1. The molecule has 0 unspecified atom stereocenters. The van der Waals surface area contributed by atoms with E-state index >= 15 is 0 Å². The van der Waals surface area contributed by atoms with Crippen LogP contribution in [0.2, 0.25) is 0 Å². The van der Waals surface area contributed by atoms with E-state index in [1.807, 2.05) is 0 Å². The van der Waals surface area contributed by atoms with Crippen molar-refractivity contribution in [2.45, 2.75) is 11.4 Å². The highest BCUT2D eigenvalue weighted by Gasteiger charge is 2.15. The highest BCUT2D eigenvalue weighted by Crippen LogP contribution is 2.23. The molecule has 0 saturated carbocycles. The smallest absolute Gasteiger partial charge is 0.240 e. The molecule has 3 aromatic rings. The molecule has 0 aliphatic carbocycles. The highest BCUT2D eigenvalue weighted by atomic mass is 32.2. The standard InChI is InChI=1S/C16H13NO5S/c18-11-14-5-8-16(22-14)12-3-6-15(7-4-12)23(19,20)17-10-13-2-1-9-21-13/h1-9,11,17H,10H2. The number of aldehydes is 1. The van der Waals surface area contributed by atoms with Crippen molar-refractivity contribution in [3.05, 3.63) is 66.3 Å². The molecule has 0 spiro atoms. The molecule has 0 aliphatic rings. The van der Waals surface area contributed by atoms with Gasteiger partial charge in [0.2, 0.25) is 10.0 Å². The van der Waals surface area contributed by atoms with Gasteiger partial charge in [0, 0.05) is 5.56 Å². The van der Waals surface area contributed by atoms with Crippen LogP contribution in [0.4, 0.5) is 0 Å². The first kappa shape index (κ1) is 15.3. The molecular weight excluding hydrogens is 318 g/mol. The van der Waals surface area contributed by atoms with E-state index in [2.05, 4.69) is 4.72 Å². The predicted octanol–water partition coefficient (Wildman–Crippen LogP) is 2.83. The van der Waals surface area contributed by atoms with Gasteiger partial charge in [-0.1, -0.05) is 0 Å². The molecule has 0 atom stereocenters. The van der Waals surface area contributed by atoms with Crippen molar-refractivity contribution in [1.29, 1.82) is 0 Å². The maximum Gasteiger partial charge on any atom is 0.240 e. The van der Waals surface area contributed by atoms with Crippen LogP contribution < -0.4 is 4.72 Å². The van der Waals surface area contributed by atoms with E-state index in [0.29, 0.717) is 23.4 Å². The van der Waals surface area contributed by atoms with Crippen LogP contribution >= 0.6 is 0 Å². The van der Waals surface area contributed by atoms with Crippen LogP contribution in [0.5, 0.6) is 0 Å². The van der Waals surface area contributed by atoms with Crippen LogP contribution in [0.1, 0.15) is 16.3 Å². The Labute approximate surface area is 132 Å².